The quantitative estimate of drug-likeness (QED) is 0.472. The van der Waals surface area contributed by atoms with Crippen LogP contribution < -0.4 is 0 Å². The summed E-state index contributed by atoms with van der Waals surface area (Å²) in [5, 5.41) is 3.78. The molecule has 0 spiro atoms. The largest absolute Gasteiger partial charge is 0.399 e. The number of nitrogens with zero attached hydrogens (tertiary/aromatic N) is 1. The van der Waals surface area contributed by atoms with Crippen LogP contribution in [0.1, 0.15) is 20.8 Å². The Hall–Kier alpha value is -1.38. The number of carbonyl (C=O) groups is 1. The molecule has 0 saturated heterocycles. The third-order valence-corrected chi connectivity index (χ3v) is 1.97. The van der Waals surface area contributed by atoms with Crippen molar-refractivity contribution in [2.45, 2.75) is 20.8 Å². The molecule has 3 heteroatoms. The summed E-state index contributed by atoms with van der Waals surface area (Å²) in [5.41, 5.74) is 1.28. The maximum absolute atomic E-state index is 11.5. The van der Waals surface area contributed by atoms with Crippen molar-refractivity contribution in [1.29, 1.82) is 0 Å². The monoisotopic (exact) mass is 193 g/mol. The molecule has 0 aromatic carbocycles. The van der Waals surface area contributed by atoms with Crippen LogP contribution in [-0.4, -0.2) is 18.6 Å². The zero-order valence-corrected chi connectivity index (χ0v) is 9.00. The normalized spacial score (nSPS) is 19.9. The number of rotatable bonds is 1. The lowest BCUT2D eigenvalue weighted by atomic mass is 9.81. The molecule has 0 bridgehead atoms. The standard InChI is InChI=1S/C11H15NO2/c1-11(2,3)9-7-8(12-14-4)5-6-10(9)13/h5-7H,1-4H3/b12-8+. The Morgan fingerprint density at radius 2 is 1.93 bits per heavy atom. The Morgan fingerprint density at radius 1 is 1.29 bits per heavy atom. The number of hydrogen-bond acceptors (Lipinski definition) is 3. The molecule has 0 radical (unpaired) electrons. The fraction of sp³-hybridized carbons (Fsp3) is 0.455. The van der Waals surface area contributed by atoms with E-state index in [9.17, 15) is 4.79 Å². The lowest BCUT2D eigenvalue weighted by molar-refractivity contribution is -0.112. The molecule has 0 aromatic heterocycles. The van der Waals surface area contributed by atoms with Gasteiger partial charge in [0.2, 0.25) is 0 Å². The Balaban J connectivity index is 3.05. The van der Waals surface area contributed by atoms with Crippen molar-refractivity contribution in [1.82, 2.24) is 0 Å². The number of allylic oxidation sites excluding steroid dienone is 4. The Kier molecular flexibility index (Phi) is 2.89. The van der Waals surface area contributed by atoms with Gasteiger partial charge in [0, 0.05) is 5.57 Å². The number of oxime groups is 1. The van der Waals surface area contributed by atoms with Crippen molar-refractivity contribution >= 4 is 11.5 Å². The summed E-state index contributed by atoms with van der Waals surface area (Å²) in [7, 11) is 1.49. The summed E-state index contributed by atoms with van der Waals surface area (Å²) >= 11 is 0. The van der Waals surface area contributed by atoms with Crippen LogP contribution in [-0.2, 0) is 9.63 Å². The Bertz CT molecular complexity index is 330. The maximum atomic E-state index is 11.5. The van der Waals surface area contributed by atoms with E-state index in [0.717, 1.165) is 5.57 Å². The van der Waals surface area contributed by atoms with E-state index in [0.29, 0.717) is 5.71 Å². The van der Waals surface area contributed by atoms with Gasteiger partial charge >= 0.3 is 0 Å². The van der Waals surface area contributed by atoms with Gasteiger partial charge in [-0.15, -0.1) is 0 Å². The first-order chi connectivity index (χ1) is 6.45. The second-order valence-electron chi connectivity index (χ2n) is 4.20. The lowest BCUT2D eigenvalue weighted by Crippen LogP contribution is -2.20. The zero-order valence-electron chi connectivity index (χ0n) is 9.00. The fourth-order valence-corrected chi connectivity index (χ4v) is 1.27. The molecule has 0 unspecified atom stereocenters. The van der Waals surface area contributed by atoms with Gasteiger partial charge in [-0.05, 0) is 23.6 Å². The molecule has 0 heterocycles. The van der Waals surface area contributed by atoms with Crippen molar-refractivity contribution in [2.75, 3.05) is 7.11 Å². The molecule has 0 aromatic rings. The van der Waals surface area contributed by atoms with Crippen LogP contribution in [0, 0.1) is 5.41 Å². The lowest BCUT2D eigenvalue weighted by Gasteiger charge is -2.22. The van der Waals surface area contributed by atoms with Crippen LogP contribution in [0.5, 0.6) is 0 Å². The van der Waals surface area contributed by atoms with Crippen LogP contribution in [0.4, 0.5) is 0 Å². The highest BCUT2D eigenvalue weighted by atomic mass is 16.6. The molecule has 0 fully saturated rings. The second-order valence-corrected chi connectivity index (χ2v) is 4.20. The van der Waals surface area contributed by atoms with Crippen molar-refractivity contribution < 1.29 is 9.63 Å². The number of carbonyl (C=O) groups excluding carboxylic acids is 1. The predicted molar refractivity (Wildman–Crippen MR) is 56.1 cm³/mol. The molecule has 14 heavy (non-hydrogen) atoms. The van der Waals surface area contributed by atoms with Crippen molar-refractivity contribution in [2.24, 2.45) is 10.6 Å². The number of ketones is 1. The molecule has 0 amide bonds. The third-order valence-electron chi connectivity index (χ3n) is 1.97. The van der Waals surface area contributed by atoms with E-state index in [4.69, 9.17) is 0 Å². The van der Waals surface area contributed by atoms with Gasteiger partial charge in [0.05, 0.1) is 0 Å². The minimum Gasteiger partial charge on any atom is -0.399 e. The molecule has 0 aliphatic heterocycles. The van der Waals surface area contributed by atoms with Crippen LogP contribution >= 0.6 is 0 Å². The van der Waals surface area contributed by atoms with Crippen molar-refractivity contribution in [3.05, 3.63) is 23.8 Å². The van der Waals surface area contributed by atoms with E-state index in [2.05, 4.69) is 9.99 Å². The molecule has 1 aliphatic carbocycles. The zero-order chi connectivity index (χ0) is 10.8. The molecule has 1 rings (SSSR count). The van der Waals surface area contributed by atoms with Gasteiger partial charge in [-0.3, -0.25) is 4.79 Å². The van der Waals surface area contributed by atoms with Crippen LogP contribution in [0.2, 0.25) is 0 Å². The molecular weight excluding hydrogens is 178 g/mol. The van der Waals surface area contributed by atoms with Crippen LogP contribution in [0.3, 0.4) is 0 Å². The highest BCUT2D eigenvalue weighted by Crippen LogP contribution is 2.27. The topological polar surface area (TPSA) is 38.7 Å². The Morgan fingerprint density at radius 3 is 2.43 bits per heavy atom. The predicted octanol–water partition coefficient (Wildman–Crippen LogP) is 2.10. The molecule has 0 N–H and O–H groups in total. The van der Waals surface area contributed by atoms with E-state index in [1.807, 2.05) is 20.8 Å². The summed E-state index contributed by atoms with van der Waals surface area (Å²) in [6, 6.07) is 0. The van der Waals surface area contributed by atoms with E-state index < -0.39 is 0 Å². The SMILES string of the molecule is CO/N=C1\C=CC(=O)C(C(C)(C)C)=C1. The summed E-state index contributed by atoms with van der Waals surface area (Å²) in [5.74, 6) is 0.0487. The van der Waals surface area contributed by atoms with Gasteiger partial charge in [0.1, 0.15) is 12.8 Å². The van der Waals surface area contributed by atoms with Gasteiger partial charge < -0.3 is 4.84 Å². The van der Waals surface area contributed by atoms with E-state index in [-0.39, 0.29) is 11.2 Å². The molecule has 0 atom stereocenters. The molecule has 76 valence electrons. The molecule has 0 saturated carbocycles. The first-order valence-corrected chi connectivity index (χ1v) is 4.51. The van der Waals surface area contributed by atoms with Gasteiger partial charge in [-0.2, -0.15) is 0 Å². The molecule has 3 nitrogen and oxygen atoms in total. The van der Waals surface area contributed by atoms with Crippen LogP contribution in [0.15, 0.2) is 29.0 Å². The first-order valence-electron chi connectivity index (χ1n) is 4.51. The minimum atomic E-state index is -0.156. The first kappa shape index (κ1) is 10.7. The van der Waals surface area contributed by atoms with E-state index in [1.165, 1.54) is 13.2 Å². The second kappa shape index (κ2) is 3.78. The van der Waals surface area contributed by atoms with E-state index in [1.54, 1.807) is 12.2 Å². The van der Waals surface area contributed by atoms with Crippen molar-refractivity contribution in [3.8, 4) is 0 Å². The van der Waals surface area contributed by atoms with Gasteiger partial charge in [0.25, 0.3) is 0 Å². The summed E-state index contributed by atoms with van der Waals surface area (Å²) in [4.78, 5) is 16.2. The summed E-state index contributed by atoms with van der Waals surface area (Å²) < 4.78 is 0. The van der Waals surface area contributed by atoms with E-state index >= 15 is 0 Å². The minimum absolute atomic E-state index is 0.0487. The van der Waals surface area contributed by atoms with Gasteiger partial charge in [-0.1, -0.05) is 25.9 Å². The Labute approximate surface area is 84.1 Å². The van der Waals surface area contributed by atoms with Gasteiger partial charge in [-0.25, -0.2) is 0 Å². The summed E-state index contributed by atoms with van der Waals surface area (Å²) in [6.45, 7) is 6.00. The molecule has 1 aliphatic rings. The third kappa shape index (κ3) is 2.31. The maximum Gasteiger partial charge on any atom is 0.182 e. The number of hydrogen-bond donors (Lipinski definition) is 0. The van der Waals surface area contributed by atoms with Crippen molar-refractivity contribution in [3.63, 3.8) is 0 Å². The fourth-order valence-electron chi connectivity index (χ4n) is 1.27. The smallest absolute Gasteiger partial charge is 0.182 e. The van der Waals surface area contributed by atoms with Gasteiger partial charge in [0.15, 0.2) is 5.78 Å². The highest BCUT2D eigenvalue weighted by Gasteiger charge is 2.24. The highest BCUT2D eigenvalue weighted by molar-refractivity contribution is 6.19. The average Bonchev–Trinajstić information content (AvgIpc) is 2.07. The molecular formula is C11H15NO2. The summed E-state index contributed by atoms with van der Waals surface area (Å²) in [6.07, 6.45) is 4.95. The van der Waals surface area contributed by atoms with Crippen LogP contribution in [0.25, 0.3) is 0 Å². The average molecular weight is 193 g/mol.